The van der Waals surface area contributed by atoms with Crippen LogP contribution in [0.3, 0.4) is 0 Å². The first-order valence-electron chi connectivity index (χ1n) is 6.52. The number of halogens is 1. The fourth-order valence-corrected chi connectivity index (χ4v) is 3.06. The van der Waals surface area contributed by atoms with E-state index in [2.05, 4.69) is 20.1 Å². The van der Waals surface area contributed by atoms with Crippen LogP contribution in [0.4, 0.5) is 10.8 Å². The van der Waals surface area contributed by atoms with Crippen LogP contribution in [0.25, 0.3) is 0 Å². The van der Waals surface area contributed by atoms with E-state index in [1.807, 2.05) is 18.5 Å². The Morgan fingerprint density at radius 3 is 2.77 bits per heavy atom. The molecule has 0 bridgehead atoms. The first-order chi connectivity index (χ1) is 10.5. The minimum atomic E-state index is -0.500. The number of thiazole rings is 1. The summed E-state index contributed by atoms with van der Waals surface area (Å²) in [6.07, 6.45) is 0. The number of aromatic nitrogens is 3. The summed E-state index contributed by atoms with van der Waals surface area (Å²) < 4.78 is 11.6. The number of carbonyl (C=O) groups is 1. The van der Waals surface area contributed by atoms with Crippen molar-refractivity contribution in [2.75, 3.05) is 26.1 Å². The predicted octanol–water partition coefficient (Wildman–Crippen LogP) is 2.79. The highest BCUT2D eigenvalue weighted by molar-refractivity contribution is 7.18. The van der Waals surface area contributed by atoms with E-state index in [9.17, 15) is 4.79 Å². The van der Waals surface area contributed by atoms with E-state index in [4.69, 9.17) is 16.3 Å². The van der Waals surface area contributed by atoms with Gasteiger partial charge in [-0.05, 0) is 13.8 Å². The van der Waals surface area contributed by atoms with Gasteiger partial charge in [-0.15, -0.1) is 0 Å². The highest BCUT2D eigenvalue weighted by Gasteiger charge is 2.19. The molecule has 2 heterocycles. The molecule has 0 atom stereocenters. The highest BCUT2D eigenvalue weighted by atomic mass is 35.5. The van der Waals surface area contributed by atoms with Crippen molar-refractivity contribution in [3.8, 4) is 0 Å². The maximum atomic E-state index is 11.6. The van der Waals surface area contributed by atoms with Gasteiger partial charge in [-0.25, -0.2) is 9.78 Å². The van der Waals surface area contributed by atoms with Gasteiger partial charge < -0.3 is 14.8 Å². The second-order valence-electron chi connectivity index (χ2n) is 4.52. The second kappa shape index (κ2) is 7.08. The van der Waals surface area contributed by atoms with Gasteiger partial charge >= 0.3 is 5.97 Å². The van der Waals surface area contributed by atoms with Gasteiger partial charge in [0.25, 0.3) is 0 Å². The van der Waals surface area contributed by atoms with Crippen LogP contribution in [0.15, 0.2) is 0 Å². The number of esters is 1. The SMILES string of the molecule is COCCn1nc(C)c(Nc2nc(Cl)c(C(=O)OC)s2)c1C. The number of ether oxygens (including phenoxy) is 2. The summed E-state index contributed by atoms with van der Waals surface area (Å²) in [5, 5.41) is 8.26. The van der Waals surface area contributed by atoms with Crippen molar-refractivity contribution >= 4 is 39.7 Å². The third-order valence-electron chi connectivity index (χ3n) is 3.08. The lowest BCUT2D eigenvalue weighted by molar-refractivity contribution is 0.0606. The summed E-state index contributed by atoms with van der Waals surface area (Å²) in [7, 11) is 2.95. The van der Waals surface area contributed by atoms with Gasteiger partial charge in [0.1, 0.15) is 0 Å². The van der Waals surface area contributed by atoms with Crippen LogP contribution in [0, 0.1) is 13.8 Å². The minimum absolute atomic E-state index is 0.126. The molecule has 9 heteroatoms. The Hall–Kier alpha value is -1.64. The minimum Gasteiger partial charge on any atom is -0.465 e. The van der Waals surface area contributed by atoms with Gasteiger partial charge in [-0.1, -0.05) is 22.9 Å². The number of methoxy groups -OCH3 is 2. The van der Waals surface area contributed by atoms with Crippen LogP contribution in [-0.2, 0) is 16.0 Å². The first kappa shape index (κ1) is 16.7. The first-order valence-corrected chi connectivity index (χ1v) is 7.72. The second-order valence-corrected chi connectivity index (χ2v) is 5.87. The van der Waals surface area contributed by atoms with Crippen molar-refractivity contribution in [2.24, 2.45) is 0 Å². The van der Waals surface area contributed by atoms with Crippen LogP contribution >= 0.6 is 22.9 Å². The Labute approximate surface area is 137 Å². The molecule has 0 aliphatic rings. The largest absolute Gasteiger partial charge is 0.465 e. The molecule has 0 aromatic carbocycles. The van der Waals surface area contributed by atoms with E-state index in [0.29, 0.717) is 18.3 Å². The lowest BCUT2D eigenvalue weighted by Gasteiger charge is -2.05. The molecule has 0 unspecified atom stereocenters. The van der Waals surface area contributed by atoms with E-state index >= 15 is 0 Å². The van der Waals surface area contributed by atoms with Gasteiger partial charge in [0, 0.05) is 7.11 Å². The number of rotatable bonds is 6. The van der Waals surface area contributed by atoms with Crippen molar-refractivity contribution < 1.29 is 14.3 Å². The molecule has 0 aliphatic carbocycles. The molecule has 120 valence electrons. The molecule has 2 aromatic rings. The lowest BCUT2D eigenvalue weighted by atomic mass is 10.3. The number of nitrogens with zero attached hydrogens (tertiary/aromatic N) is 3. The van der Waals surface area contributed by atoms with E-state index in [1.165, 1.54) is 7.11 Å². The van der Waals surface area contributed by atoms with E-state index < -0.39 is 5.97 Å². The fraction of sp³-hybridized carbons (Fsp3) is 0.462. The molecule has 0 radical (unpaired) electrons. The average Bonchev–Trinajstić information content (AvgIpc) is 2.99. The smallest absolute Gasteiger partial charge is 0.351 e. The standard InChI is InChI=1S/C13H17ClN4O3S/c1-7-9(8(2)18(17-7)5-6-20-3)15-13-16-11(14)10(22-13)12(19)21-4/h5-6H2,1-4H3,(H,15,16). The van der Waals surface area contributed by atoms with E-state index in [1.54, 1.807) is 7.11 Å². The molecule has 1 N–H and O–H groups in total. The lowest BCUT2D eigenvalue weighted by Crippen LogP contribution is -2.07. The normalized spacial score (nSPS) is 10.8. The van der Waals surface area contributed by atoms with E-state index in [-0.39, 0.29) is 10.0 Å². The summed E-state index contributed by atoms with van der Waals surface area (Å²) in [6, 6.07) is 0. The summed E-state index contributed by atoms with van der Waals surface area (Å²) in [4.78, 5) is 16.0. The molecule has 0 amide bonds. The molecule has 0 aliphatic heterocycles. The molecule has 0 spiro atoms. The van der Waals surface area contributed by atoms with Crippen LogP contribution in [0.1, 0.15) is 21.1 Å². The predicted molar refractivity (Wildman–Crippen MR) is 85.3 cm³/mol. The zero-order valence-corrected chi connectivity index (χ0v) is 14.3. The highest BCUT2D eigenvalue weighted by Crippen LogP contribution is 2.31. The fourth-order valence-electron chi connectivity index (χ4n) is 1.95. The van der Waals surface area contributed by atoms with Gasteiger partial charge in [0.2, 0.25) is 0 Å². The van der Waals surface area contributed by atoms with Gasteiger partial charge in [0.05, 0.1) is 37.3 Å². The number of anilines is 2. The van der Waals surface area contributed by atoms with Crippen molar-refractivity contribution in [3.05, 3.63) is 21.4 Å². The Balaban J connectivity index is 2.24. The molecule has 0 fully saturated rings. The third kappa shape index (κ3) is 3.40. The number of carbonyl (C=O) groups excluding carboxylic acids is 1. The number of nitrogens with one attached hydrogen (secondary N) is 1. The van der Waals surface area contributed by atoms with Crippen LogP contribution in [0.5, 0.6) is 0 Å². The van der Waals surface area contributed by atoms with Gasteiger partial charge in [-0.2, -0.15) is 5.10 Å². The van der Waals surface area contributed by atoms with Gasteiger partial charge in [-0.3, -0.25) is 4.68 Å². The average molecular weight is 345 g/mol. The number of aryl methyl sites for hydroxylation is 1. The van der Waals surface area contributed by atoms with Crippen molar-refractivity contribution in [1.82, 2.24) is 14.8 Å². The summed E-state index contributed by atoms with van der Waals surface area (Å²) >= 11 is 7.10. The summed E-state index contributed by atoms with van der Waals surface area (Å²) in [5.74, 6) is -0.500. The Bertz CT molecular complexity index is 683. The molecular weight excluding hydrogens is 328 g/mol. The zero-order valence-electron chi connectivity index (χ0n) is 12.8. The van der Waals surface area contributed by atoms with Crippen molar-refractivity contribution in [1.29, 1.82) is 0 Å². The molecule has 7 nitrogen and oxygen atoms in total. The summed E-state index contributed by atoms with van der Waals surface area (Å²) in [6.45, 7) is 5.09. The van der Waals surface area contributed by atoms with Crippen molar-refractivity contribution in [2.45, 2.75) is 20.4 Å². The molecule has 0 saturated carbocycles. The van der Waals surface area contributed by atoms with Gasteiger partial charge in [0.15, 0.2) is 15.2 Å². The maximum Gasteiger partial charge on any atom is 0.351 e. The monoisotopic (exact) mass is 344 g/mol. The Kier molecular flexibility index (Phi) is 5.38. The topological polar surface area (TPSA) is 78.3 Å². The Morgan fingerprint density at radius 1 is 1.41 bits per heavy atom. The molecule has 22 heavy (non-hydrogen) atoms. The van der Waals surface area contributed by atoms with Crippen molar-refractivity contribution in [3.63, 3.8) is 0 Å². The molecule has 0 saturated heterocycles. The maximum absolute atomic E-state index is 11.6. The van der Waals surface area contributed by atoms with Crippen LogP contribution in [-0.4, -0.2) is 41.6 Å². The number of hydrogen-bond acceptors (Lipinski definition) is 7. The third-order valence-corrected chi connectivity index (χ3v) is 4.41. The summed E-state index contributed by atoms with van der Waals surface area (Å²) in [5.41, 5.74) is 2.64. The zero-order chi connectivity index (χ0) is 16.3. The van der Waals surface area contributed by atoms with Crippen LogP contribution < -0.4 is 5.32 Å². The molecule has 2 aromatic heterocycles. The van der Waals surface area contributed by atoms with E-state index in [0.717, 1.165) is 28.4 Å². The Morgan fingerprint density at radius 2 is 2.14 bits per heavy atom. The molecular formula is C13H17ClN4O3S. The number of hydrogen-bond donors (Lipinski definition) is 1. The molecule has 2 rings (SSSR count). The van der Waals surface area contributed by atoms with Crippen LogP contribution in [0.2, 0.25) is 5.15 Å². The quantitative estimate of drug-likeness (QED) is 0.812.